The van der Waals surface area contributed by atoms with Crippen molar-refractivity contribution in [1.82, 2.24) is 9.88 Å². The molecule has 84 valence electrons. The number of hydrogen-bond acceptors (Lipinski definition) is 3. The molecule has 1 aromatic rings. The number of pyridine rings is 1. The topological polar surface area (TPSA) is 42.1 Å². The lowest BCUT2D eigenvalue weighted by Gasteiger charge is -2.31. The molecule has 2 unspecified atom stereocenters. The van der Waals surface area contributed by atoms with Crippen molar-refractivity contribution < 1.29 is 0 Å². The predicted octanol–water partition coefficient (Wildman–Crippen LogP) is 1.81. The standard InChI is InChI=1S/C12H21N3/c1-4-11(13)12(15(3)5-2)10-7-6-8-14-9-10/h6-9,11-12H,4-5,13H2,1-3H3. The Morgan fingerprint density at radius 2 is 2.20 bits per heavy atom. The maximum Gasteiger partial charge on any atom is 0.0511 e. The fraction of sp³-hybridized carbons (Fsp3) is 0.583. The number of rotatable bonds is 5. The molecule has 0 saturated heterocycles. The van der Waals surface area contributed by atoms with Gasteiger partial charge < -0.3 is 5.73 Å². The van der Waals surface area contributed by atoms with E-state index in [0.717, 1.165) is 13.0 Å². The summed E-state index contributed by atoms with van der Waals surface area (Å²) in [6, 6.07) is 4.50. The van der Waals surface area contributed by atoms with Gasteiger partial charge >= 0.3 is 0 Å². The molecule has 1 aromatic heterocycles. The van der Waals surface area contributed by atoms with E-state index in [4.69, 9.17) is 5.73 Å². The van der Waals surface area contributed by atoms with Gasteiger partial charge in [-0.25, -0.2) is 0 Å². The van der Waals surface area contributed by atoms with Gasteiger partial charge in [-0.05, 0) is 31.6 Å². The Hall–Kier alpha value is -0.930. The molecule has 3 nitrogen and oxygen atoms in total. The zero-order valence-corrected chi connectivity index (χ0v) is 9.85. The Bertz CT molecular complexity index is 263. The normalized spacial score (nSPS) is 15.3. The maximum absolute atomic E-state index is 6.16. The fourth-order valence-corrected chi connectivity index (χ4v) is 1.80. The summed E-state index contributed by atoms with van der Waals surface area (Å²) in [6.45, 7) is 5.26. The molecule has 0 aliphatic rings. The first-order valence-electron chi connectivity index (χ1n) is 5.56. The average Bonchev–Trinajstić information content (AvgIpc) is 2.30. The van der Waals surface area contributed by atoms with E-state index in [1.54, 1.807) is 6.20 Å². The number of likely N-dealkylation sites (N-methyl/N-ethyl adjacent to an activating group) is 1. The maximum atomic E-state index is 6.16. The van der Waals surface area contributed by atoms with Crippen LogP contribution in [0.25, 0.3) is 0 Å². The van der Waals surface area contributed by atoms with Gasteiger partial charge in [-0.1, -0.05) is 19.9 Å². The van der Waals surface area contributed by atoms with Gasteiger partial charge in [0, 0.05) is 18.4 Å². The highest BCUT2D eigenvalue weighted by molar-refractivity contribution is 5.16. The molecular formula is C12H21N3. The molecule has 0 spiro atoms. The molecular weight excluding hydrogens is 186 g/mol. The van der Waals surface area contributed by atoms with Crippen molar-refractivity contribution in [1.29, 1.82) is 0 Å². The molecule has 2 N–H and O–H groups in total. The molecule has 0 saturated carbocycles. The molecule has 0 fully saturated rings. The molecule has 0 aromatic carbocycles. The molecule has 2 atom stereocenters. The molecule has 0 aliphatic carbocycles. The molecule has 1 heterocycles. The number of hydrogen-bond donors (Lipinski definition) is 1. The van der Waals surface area contributed by atoms with Gasteiger partial charge in [0.1, 0.15) is 0 Å². The van der Waals surface area contributed by atoms with Crippen LogP contribution in [0, 0.1) is 0 Å². The van der Waals surface area contributed by atoms with E-state index in [1.165, 1.54) is 5.56 Å². The summed E-state index contributed by atoms with van der Waals surface area (Å²) in [6.07, 6.45) is 4.68. The van der Waals surface area contributed by atoms with Crippen LogP contribution in [0.15, 0.2) is 24.5 Å². The third-order valence-electron chi connectivity index (χ3n) is 2.88. The monoisotopic (exact) mass is 207 g/mol. The summed E-state index contributed by atoms with van der Waals surface area (Å²) >= 11 is 0. The molecule has 0 aliphatic heterocycles. The van der Waals surface area contributed by atoms with Crippen molar-refractivity contribution in [2.24, 2.45) is 5.73 Å². The zero-order valence-electron chi connectivity index (χ0n) is 9.85. The quantitative estimate of drug-likeness (QED) is 0.800. The summed E-state index contributed by atoms with van der Waals surface area (Å²) in [4.78, 5) is 6.43. The van der Waals surface area contributed by atoms with Crippen molar-refractivity contribution in [3.63, 3.8) is 0 Å². The molecule has 0 bridgehead atoms. The van der Waals surface area contributed by atoms with Crippen molar-refractivity contribution in [2.75, 3.05) is 13.6 Å². The highest BCUT2D eigenvalue weighted by Crippen LogP contribution is 2.22. The van der Waals surface area contributed by atoms with E-state index in [1.807, 2.05) is 12.3 Å². The van der Waals surface area contributed by atoms with Gasteiger partial charge in [0.15, 0.2) is 0 Å². The molecule has 1 rings (SSSR count). The van der Waals surface area contributed by atoms with Crippen LogP contribution in [0.1, 0.15) is 31.9 Å². The summed E-state index contributed by atoms with van der Waals surface area (Å²) in [7, 11) is 2.10. The van der Waals surface area contributed by atoms with E-state index in [2.05, 4.69) is 36.8 Å². The van der Waals surface area contributed by atoms with Crippen LogP contribution in [0.5, 0.6) is 0 Å². The second-order valence-electron chi connectivity index (χ2n) is 3.88. The van der Waals surface area contributed by atoms with Crippen LogP contribution in [-0.2, 0) is 0 Å². The second-order valence-corrected chi connectivity index (χ2v) is 3.88. The third kappa shape index (κ3) is 3.01. The number of nitrogens with zero attached hydrogens (tertiary/aromatic N) is 2. The van der Waals surface area contributed by atoms with Crippen LogP contribution < -0.4 is 5.73 Å². The Morgan fingerprint density at radius 1 is 1.47 bits per heavy atom. The van der Waals surface area contributed by atoms with Crippen LogP contribution in [0.2, 0.25) is 0 Å². The second kappa shape index (κ2) is 5.83. The van der Waals surface area contributed by atoms with Crippen molar-refractivity contribution in [3.8, 4) is 0 Å². The Kier molecular flexibility index (Phi) is 4.72. The predicted molar refractivity (Wildman–Crippen MR) is 63.5 cm³/mol. The minimum absolute atomic E-state index is 0.166. The van der Waals surface area contributed by atoms with E-state index >= 15 is 0 Å². The summed E-state index contributed by atoms with van der Waals surface area (Å²) in [5.41, 5.74) is 7.36. The smallest absolute Gasteiger partial charge is 0.0511 e. The first kappa shape index (κ1) is 12.1. The van der Waals surface area contributed by atoms with Crippen molar-refractivity contribution >= 4 is 0 Å². The Labute approximate surface area is 92.3 Å². The summed E-state index contributed by atoms with van der Waals surface area (Å²) in [5, 5.41) is 0. The van der Waals surface area contributed by atoms with E-state index in [-0.39, 0.29) is 12.1 Å². The van der Waals surface area contributed by atoms with E-state index in [9.17, 15) is 0 Å². The highest BCUT2D eigenvalue weighted by atomic mass is 15.1. The van der Waals surface area contributed by atoms with Crippen LogP contribution in [-0.4, -0.2) is 29.5 Å². The van der Waals surface area contributed by atoms with Gasteiger partial charge in [0.2, 0.25) is 0 Å². The van der Waals surface area contributed by atoms with Crippen molar-refractivity contribution in [2.45, 2.75) is 32.4 Å². The lowest BCUT2D eigenvalue weighted by atomic mass is 9.98. The summed E-state index contributed by atoms with van der Waals surface area (Å²) < 4.78 is 0. The molecule has 0 radical (unpaired) electrons. The van der Waals surface area contributed by atoms with Crippen molar-refractivity contribution in [3.05, 3.63) is 30.1 Å². The van der Waals surface area contributed by atoms with Gasteiger partial charge in [-0.2, -0.15) is 0 Å². The molecule has 0 amide bonds. The zero-order chi connectivity index (χ0) is 11.3. The Balaban J connectivity index is 2.91. The molecule has 3 heteroatoms. The van der Waals surface area contributed by atoms with Gasteiger partial charge in [-0.15, -0.1) is 0 Å². The first-order chi connectivity index (χ1) is 7.20. The van der Waals surface area contributed by atoms with Crippen LogP contribution in [0.4, 0.5) is 0 Å². The average molecular weight is 207 g/mol. The van der Waals surface area contributed by atoms with Crippen LogP contribution >= 0.6 is 0 Å². The minimum Gasteiger partial charge on any atom is -0.326 e. The van der Waals surface area contributed by atoms with Gasteiger partial charge in [0.25, 0.3) is 0 Å². The first-order valence-corrected chi connectivity index (χ1v) is 5.56. The van der Waals surface area contributed by atoms with Gasteiger partial charge in [-0.3, -0.25) is 9.88 Å². The summed E-state index contributed by atoms with van der Waals surface area (Å²) in [5.74, 6) is 0. The highest BCUT2D eigenvalue weighted by Gasteiger charge is 2.21. The Morgan fingerprint density at radius 3 is 2.67 bits per heavy atom. The fourth-order valence-electron chi connectivity index (χ4n) is 1.80. The van der Waals surface area contributed by atoms with Gasteiger partial charge in [0.05, 0.1) is 6.04 Å². The van der Waals surface area contributed by atoms with E-state index < -0.39 is 0 Å². The third-order valence-corrected chi connectivity index (χ3v) is 2.88. The number of aromatic nitrogens is 1. The van der Waals surface area contributed by atoms with Crippen LogP contribution in [0.3, 0.4) is 0 Å². The SMILES string of the molecule is CCC(N)C(c1cccnc1)N(C)CC. The number of nitrogens with two attached hydrogens (primary N) is 1. The molecule has 15 heavy (non-hydrogen) atoms. The minimum atomic E-state index is 0.166. The lowest BCUT2D eigenvalue weighted by Crippen LogP contribution is -2.38. The van der Waals surface area contributed by atoms with E-state index in [0.29, 0.717) is 0 Å². The lowest BCUT2D eigenvalue weighted by molar-refractivity contribution is 0.219. The largest absolute Gasteiger partial charge is 0.326 e.